The number of carbonyl (C=O) groups is 3. The molecule has 3 amide bonds. The molecule has 0 bridgehead atoms. The van der Waals surface area contributed by atoms with E-state index in [0.29, 0.717) is 16.9 Å². The van der Waals surface area contributed by atoms with E-state index in [1.807, 2.05) is 37.3 Å². The molecule has 0 saturated carbocycles. The van der Waals surface area contributed by atoms with E-state index in [0.717, 1.165) is 16.0 Å². The van der Waals surface area contributed by atoms with E-state index in [1.54, 1.807) is 54.6 Å². The average molecular weight is 540 g/mol. The molecule has 0 radical (unpaired) electrons. The van der Waals surface area contributed by atoms with Crippen LogP contribution >= 0.6 is 11.8 Å². The van der Waals surface area contributed by atoms with E-state index < -0.39 is 11.8 Å². The minimum Gasteiger partial charge on any atom is -0.325 e. The Kier molecular flexibility index (Phi) is 9.26. The topological polar surface area (TPSA) is 87.3 Å². The van der Waals surface area contributed by atoms with Crippen molar-refractivity contribution in [2.24, 2.45) is 0 Å². The SMILES string of the molecule is Cc1cccc(/C=C(\NC(=O)c2ccccc2)C(=O)Nc2ccc(SCC(=O)Nc3ccc(F)cc3)cc2)c1. The number of carbonyl (C=O) groups excluding carboxylic acids is 3. The molecule has 4 rings (SSSR count). The zero-order valence-corrected chi connectivity index (χ0v) is 21.9. The van der Waals surface area contributed by atoms with Crippen molar-refractivity contribution in [3.05, 3.63) is 131 Å². The fourth-order valence-electron chi connectivity index (χ4n) is 3.58. The number of hydrogen-bond donors (Lipinski definition) is 3. The number of hydrogen-bond acceptors (Lipinski definition) is 4. The molecule has 0 atom stereocenters. The second-order valence-electron chi connectivity index (χ2n) is 8.61. The third-order valence-electron chi connectivity index (χ3n) is 5.49. The van der Waals surface area contributed by atoms with Crippen LogP contribution in [0.25, 0.3) is 6.08 Å². The number of benzene rings is 4. The molecule has 0 saturated heterocycles. The van der Waals surface area contributed by atoms with Gasteiger partial charge in [-0.05, 0) is 79.2 Å². The Labute approximate surface area is 230 Å². The maximum atomic E-state index is 13.2. The van der Waals surface area contributed by atoms with E-state index in [9.17, 15) is 18.8 Å². The number of thioether (sulfide) groups is 1. The molecule has 196 valence electrons. The molecule has 39 heavy (non-hydrogen) atoms. The van der Waals surface area contributed by atoms with Gasteiger partial charge < -0.3 is 16.0 Å². The lowest BCUT2D eigenvalue weighted by molar-refractivity contribution is -0.114. The summed E-state index contributed by atoms with van der Waals surface area (Å²) in [4.78, 5) is 39.0. The van der Waals surface area contributed by atoms with Crippen molar-refractivity contribution >= 4 is 46.9 Å². The standard InChI is InChI=1S/C31H26FN3O3S/c1-21-6-5-7-22(18-21)19-28(35-30(37)23-8-3-2-4-9-23)31(38)34-26-14-16-27(17-15-26)39-20-29(36)33-25-12-10-24(32)11-13-25/h2-19H,20H2,1H3,(H,33,36)(H,34,38)(H,35,37)/b28-19-. The summed E-state index contributed by atoms with van der Waals surface area (Å²) in [7, 11) is 0. The summed E-state index contributed by atoms with van der Waals surface area (Å²) in [5.41, 5.74) is 3.39. The van der Waals surface area contributed by atoms with Crippen LogP contribution in [0.5, 0.6) is 0 Å². The van der Waals surface area contributed by atoms with Crippen molar-refractivity contribution in [1.82, 2.24) is 5.32 Å². The molecular formula is C31H26FN3O3S. The molecule has 0 fully saturated rings. The lowest BCUT2D eigenvalue weighted by atomic mass is 10.1. The smallest absolute Gasteiger partial charge is 0.272 e. The zero-order valence-electron chi connectivity index (χ0n) is 21.1. The van der Waals surface area contributed by atoms with Gasteiger partial charge >= 0.3 is 0 Å². The minimum atomic E-state index is -0.472. The van der Waals surface area contributed by atoms with E-state index in [-0.39, 0.29) is 23.2 Å². The monoisotopic (exact) mass is 539 g/mol. The summed E-state index contributed by atoms with van der Waals surface area (Å²) in [5.74, 6) is -1.29. The molecule has 0 aliphatic heterocycles. The maximum Gasteiger partial charge on any atom is 0.272 e. The highest BCUT2D eigenvalue weighted by molar-refractivity contribution is 8.00. The van der Waals surface area contributed by atoms with Gasteiger partial charge in [-0.15, -0.1) is 11.8 Å². The minimum absolute atomic E-state index is 0.102. The lowest BCUT2D eigenvalue weighted by Gasteiger charge is -2.12. The van der Waals surface area contributed by atoms with Crippen LogP contribution in [-0.4, -0.2) is 23.5 Å². The Morgan fingerprint density at radius 3 is 2.15 bits per heavy atom. The van der Waals surface area contributed by atoms with Crippen LogP contribution in [0.1, 0.15) is 21.5 Å². The predicted octanol–water partition coefficient (Wildman–Crippen LogP) is 6.27. The highest BCUT2D eigenvalue weighted by Gasteiger charge is 2.15. The Bertz CT molecular complexity index is 1490. The van der Waals surface area contributed by atoms with Crippen molar-refractivity contribution in [3.63, 3.8) is 0 Å². The number of amides is 3. The summed E-state index contributed by atoms with van der Waals surface area (Å²) < 4.78 is 13.0. The van der Waals surface area contributed by atoms with E-state index in [2.05, 4.69) is 16.0 Å². The van der Waals surface area contributed by atoms with Gasteiger partial charge in [-0.1, -0.05) is 48.0 Å². The lowest BCUT2D eigenvalue weighted by Crippen LogP contribution is -2.30. The Hall–Kier alpha value is -4.69. The van der Waals surface area contributed by atoms with Crippen molar-refractivity contribution in [1.29, 1.82) is 0 Å². The summed E-state index contributed by atoms with van der Waals surface area (Å²) in [6.45, 7) is 1.95. The normalized spacial score (nSPS) is 11.0. The van der Waals surface area contributed by atoms with Gasteiger partial charge in [0.2, 0.25) is 5.91 Å². The van der Waals surface area contributed by atoms with Crippen LogP contribution in [0.4, 0.5) is 15.8 Å². The van der Waals surface area contributed by atoms with Crippen LogP contribution < -0.4 is 16.0 Å². The van der Waals surface area contributed by atoms with Gasteiger partial charge in [0.05, 0.1) is 5.75 Å². The van der Waals surface area contributed by atoms with Gasteiger partial charge in [0.1, 0.15) is 11.5 Å². The molecule has 4 aromatic rings. The molecule has 3 N–H and O–H groups in total. The number of aryl methyl sites for hydroxylation is 1. The highest BCUT2D eigenvalue weighted by atomic mass is 32.2. The van der Waals surface area contributed by atoms with Crippen LogP contribution in [0.2, 0.25) is 0 Å². The summed E-state index contributed by atoms with van der Waals surface area (Å²) >= 11 is 1.33. The summed E-state index contributed by atoms with van der Waals surface area (Å²) in [5, 5.41) is 8.27. The second-order valence-corrected chi connectivity index (χ2v) is 9.66. The van der Waals surface area contributed by atoms with Gasteiger partial charge in [0, 0.05) is 21.8 Å². The number of halogens is 1. The molecule has 4 aromatic carbocycles. The first-order valence-electron chi connectivity index (χ1n) is 12.1. The predicted molar refractivity (Wildman–Crippen MR) is 154 cm³/mol. The fraction of sp³-hybridized carbons (Fsp3) is 0.0645. The number of nitrogens with one attached hydrogen (secondary N) is 3. The summed E-state index contributed by atoms with van der Waals surface area (Å²) in [6.07, 6.45) is 1.63. The van der Waals surface area contributed by atoms with Crippen molar-refractivity contribution < 1.29 is 18.8 Å². The second kappa shape index (κ2) is 13.2. The molecule has 0 heterocycles. The van der Waals surface area contributed by atoms with Crippen LogP contribution in [-0.2, 0) is 9.59 Å². The molecule has 6 nitrogen and oxygen atoms in total. The fourth-order valence-corrected chi connectivity index (χ4v) is 4.28. The Balaban J connectivity index is 1.40. The molecule has 0 aromatic heterocycles. The Morgan fingerprint density at radius 2 is 1.46 bits per heavy atom. The number of rotatable bonds is 9. The third-order valence-corrected chi connectivity index (χ3v) is 6.50. The van der Waals surface area contributed by atoms with Crippen LogP contribution in [0.3, 0.4) is 0 Å². The molecule has 8 heteroatoms. The average Bonchev–Trinajstić information content (AvgIpc) is 2.94. The maximum absolute atomic E-state index is 13.2. The van der Waals surface area contributed by atoms with Gasteiger partial charge in [0.15, 0.2) is 0 Å². The highest BCUT2D eigenvalue weighted by Crippen LogP contribution is 2.21. The first-order chi connectivity index (χ1) is 18.9. The molecule has 0 aliphatic rings. The molecular weight excluding hydrogens is 513 g/mol. The van der Waals surface area contributed by atoms with Crippen molar-refractivity contribution in [2.75, 3.05) is 16.4 Å². The number of anilines is 2. The molecule has 0 aliphatic carbocycles. The van der Waals surface area contributed by atoms with Gasteiger partial charge in [-0.3, -0.25) is 14.4 Å². The summed E-state index contributed by atoms with van der Waals surface area (Å²) in [6, 6.07) is 28.9. The van der Waals surface area contributed by atoms with Crippen molar-refractivity contribution in [2.45, 2.75) is 11.8 Å². The van der Waals surface area contributed by atoms with E-state index >= 15 is 0 Å². The third kappa shape index (κ3) is 8.41. The van der Waals surface area contributed by atoms with E-state index in [1.165, 1.54) is 36.0 Å². The van der Waals surface area contributed by atoms with Gasteiger partial charge in [0.25, 0.3) is 11.8 Å². The molecule has 0 spiro atoms. The van der Waals surface area contributed by atoms with Crippen LogP contribution in [0.15, 0.2) is 114 Å². The Morgan fingerprint density at radius 1 is 0.795 bits per heavy atom. The largest absolute Gasteiger partial charge is 0.325 e. The first-order valence-corrected chi connectivity index (χ1v) is 13.1. The first kappa shape index (κ1) is 27.3. The molecule has 0 unspecified atom stereocenters. The van der Waals surface area contributed by atoms with Gasteiger partial charge in [-0.2, -0.15) is 0 Å². The van der Waals surface area contributed by atoms with Gasteiger partial charge in [-0.25, -0.2) is 4.39 Å². The zero-order chi connectivity index (χ0) is 27.6. The van der Waals surface area contributed by atoms with Crippen LogP contribution in [0, 0.1) is 12.7 Å². The quantitative estimate of drug-likeness (QED) is 0.173. The van der Waals surface area contributed by atoms with Crippen molar-refractivity contribution in [3.8, 4) is 0 Å². The van der Waals surface area contributed by atoms with E-state index in [4.69, 9.17) is 0 Å².